The van der Waals surface area contributed by atoms with Gasteiger partial charge < -0.3 is 20.5 Å². The van der Waals surface area contributed by atoms with E-state index in [-0.39, 0.29) is 12.5 Å². The highest BCUT2D eigenvalue weighted by Crippen LogP contribution is 2.28. The maximum atomic E-state index is 12.9. The Kier molecular flexibility index (Phi) is 7.42. The molecule has 0 aliphatic heterocycles. The summed E-state index contributed by atoms with van der Waals surface area (Å²) in [6, 6.07) is 24.7. The number of rotatable bonds is 10. The molecular formula is C27H26N4O4. The Labute approximate surface area is 203 Å². The van der Waals surface area contributed by atoms with Gasteiger partial charge in [0.25, 0.3) is 11.8 Å². The number of benzene rings is 3. The van der Waals surface area contributed by atoms with Crippen molar-refractivity contribution in [3.63, 3.8) is 0 Å². The van der Waals surface area contributed by atoms with Crippen LogP contribution in [0.4, 0.5) is 0 Å². The molecule has 4 aromatic rings. The SMILES string of the molecule is COc1cc(C(=O)NCc2cn(Cc3ccccc3)nc2-c2ccccc2)ccc1OCC(N)=O. The van der Waals surface area contributed by atoms with E-state index in [4.69, 9.17) is 20.3 Å². The first kappa shape index (κ1) is 23.6. The third kappa shape index (κ3) is 6.05. The van der Waals surface area contributed by atoms with E-state index < -0.39 is 5.91 Å². The van der Waals surface area contributed by atoms with E-state index in [0.29, 0.717) is 30.2 Å². The Hall–Kier alpha value is -4.59. The summed E-state index contributed by atoms with van der Waals surface area (Å²) in [6.07, 6.45) is 1.96. The number of nitrogens with two attached hydrogens (primary N) is 1. The molecule has 8 heteroatoms. The molecule has 4 rings (SSSR count). The molecule has 0 spiro atoms. The van der Waals surface area contributed by atoms with E-state index >= 15 is 0 Å². The predicted molar refractivity (Wildman–Crippen MR) is 132 cm³/mol. The third-order valence-corrected chi connectivity index (χ3v) is 5.31. The van der Waals surface area contributed by atoms with Crippen molar-refractivity contribution in [2.75, 3.05) is 13.7 Å². The molecular weight excluding hydrogens is 444 g/mol. The van der Waals surface area contributed by atoms with Crippen molar-refractivity contribution in [3.05, 3.63) is 102 Å². The second-order valence-corrected chi connectivity index (χ2v) is 7.86. The van der Waals surface area contributed by atoms with E-state index in [1.807, 2.05) is 59.4 Å². The molecule has 3 N–H and O–H groups in total. The molecule has 3 aromatic carbocycles. The zero-order valence-corrected chi connectivity index (χ0v) is 19.3. The molecule has 2 amide bonds. The number of aromatic nitrogens is 2. The first-order valence-corrected chi connectivity index (χ1v) is 11.1. The molecule has 0 aliphatic carbocycles. The maximum Gasteiger partial charge on any atom is 0.255 e. The summed E-state index contributed by atoms with van der Waals surface area (Å²) >= 11 is 0. The number of amides is 2. The predicted octanol–water partition coefficient (Wildman–Crippen LogP) is 3.40. The van der Waals surface area contributed by atoms with E-state index in [0.717, 1.165) is 22.4 Å². The number of nitrogens with one attached hydrogen (secondary N) is 1. The normalized spacial score (nSPS) is 10.5. The molecule has 0 bridgehead atoms. The van der Waals surface area contributed by atoms with Crippen LogP contribution in [0, 0.1) is 0 Å². The van der Waals surface area contributed by atoms with E-state index in [2.05, 4.69) is 17.4 Å². The van der Waals surface area contributed by atoms with Crippen LogP contribution in [0.5, 0.6) is 11.5 Å². The van der Waals surface area contributed by atoms with E-state index in [1.54, 1.807) is 18.2 Å². The lowest BCUT2D eigenvalue weighted by Crippen LogP contribution is -2.23. The Balaban J connectivity index is 1.52. The summed E-state index contributed by atoms with van der Waals surface area (Å²) in [6.45, 7) is 0.635. The van der Waals surface area contributed by atoms with Crippen molar-refractivity contribution in [1.82, 2.24) is 15.1 Å². The highest BCUT2D eigenvalue weighted by atomic mass is 16.5. The van der Waals surface area contributed by atoms with Gasteiger partial charge in [-0.05, 0) is 23.8 Å². The minimum absolute atomic E-state index is 0.278. The van der Waals surface area contributed by atoms with Crippen LogP contribution >= 0.6 is 0 Å². The highest BCUT2D eigenvalue weighted by molar-refractivity contribution is 5.95. The molecule has 178 valence electrons. The van der Waals surface area contributed by atoms with Crippen LogP contribution in [0.25, 0.3) is 11.3 Å². The van der Waals surface area contributed by atoms with Crippen LogP contribution in [0.15, 0.2) is 85.1 Å². The molecule has 0 saturated carbocycles. The lowest BCUT2D eigenvalue weighted by Gasteiger charge is -2.11. The molecule has 35 heavy (non-hydrogen) atoms. The number of carbonyl (C=O) groups is 2. The Morgan fingerprint density at radius 3 is 2.37 bits per heavy atom. The Morgan fingerprint density at radius 2 is 1.69 bits per heavy atom. The Morgan fingerprint density at radius 1 is 0.971 bits per heavy atom. The summed E-state index contributed by atoms with van der Waals surface area (Å²) in [7, 11) is 1.46. The van der Waals surface area contributed by atoms with Crippen LogP contribution in [0.2, 0.25) is 0 Å². The fourth-order valence-electron chi connectivity index (χ4n) is 3.64. The highest BCUT2D eigenvalue weighted by Gasteiger charge is 2.15. The summed E-state index contributed by atoms with van der Waals surface area (Å²) in [5.41, 5.74) is 9.34. The fraction of sp³-hybridized carbons (Fsp3) is 0.148. The number of hydrogen-bond acceptors (Lipinski definition) is 5. The summed E-state index contributed by atoms with van der Waals surface area (Å²) in [5, 5.41) is 7.75. The van der Waals surface area contributed by atoms with Crippen molar-refractivity contribution < 1.29 is 19.1 Å². The monoisotopic (exact) mass is 470 g/mol. The van der Waals surface area contributed by atoms with Crippen LogP contribution < -0.4 is 20.5 Å². The molecule has 0 atom stereocenters. The average Bonchev–Trinajstić information content (AvgIpc) is 3.29. The molecule has 1 heterocycles. The Bertz CT molecular complexity index is 1300. The van der Waals surface area contributed by atoms with Crippen LogP contribution in [-0.4, -0.2) is 35.3 Å². The zero-order valence-electron chi connectivity index (χ0n) is 19.3. The average molecular weight is 471 g/mol. The summed E-state index contributed by atoms with van der Waals surface area (Å²) < 4.78 is 12.5. The fourth-order valence-corrected chi connectivity index (χ4v) is 3.64. The van der Waals surface area contributed by atoms with Gasteiger partial charge in [0.1, 0.15) is 0 Å². The summed E-state index contributed by atoms with van der Waals surface area (Å²) in [4.78, 5) is 23.9. The smallest absolute Gasteiger partial charge is 0.255 e. The molecule has 0 aliphatic rings. The number of hydrogen-bond donors (Lipinski definition) is 2. The van der Waals surface area contributed by atoms with Gasteiger partial charge in [0.15, 0.2) is 18.1 Å². The summed E-state index contributed by atoms with van der Waals surface area (Å²) in [5.74, 6) is -0.216. The van der Waals surface area contributed by atoms with Gasteiger partial charge in [-0.25, -0.2) is 0 Å². The second-order valence-electron chi connectivity index (χ2n) is 7.86. The zero-order chi connectivity index (χ0) is 24.6. The van der Waals surface area contributed by atoms with Crippen molar-refractivity contribution in [2.45, 2.75) is 13.1 Å². The molecule has 0 saturated heterocycles. The van der Waals surface area contributed by atoms with Gasteiger partial charge in [-0.15, -0.1) is 0 Å². The van der Waals surface area contributed by atoms with Crippen LogP contribution in [0.3, 0.4) is 0 Å². The van der Waals surface area contributed by atoms with Gasteiger partial charge >= 0.3 is 0 Å². The maximum absolute atomic E-state index is 12.9. The number of methoxy groups -OCH3 is 1. The van der Waals surface area contributed by atoms with E-state index in [1.165, 1.54) is 7.11 Å². The van der Waals surface area contributed by atoms with Crippen LogP contribution in [-0.2, 0) is 17.9 Å². The standard InChI is InChI=1S/C27H26N4O4/c1-34-24-14-21(12-13-23(24)35-18-25(28)32)27(33)29-15-22-17-31(16-19-8-4-2-5-9-19)30-26(22)20-10-6-3-7-11-20/h2-14,17H,15-16,18H2,1H3,(H2,28,32)(H,29,33). The van der Waals surface area contributed by atoms with Crippen molar-refractivity contribution in [3.8, 4) is 22.8 Å². The van der Waals surface area contributed by atoms with Gasteiger partial charge in [0.2, 0.25) is 0 Å². The quantitative estimate of drug-likeness (QED) is 0.369. The lowest BCUT2D eigenvalue weighted by molar-refractivity contribution is -0.119. The van der Waals surface area contributed by atoms with E-state index in [9.17, 15) is 9.59 Å². The number of ether oxygens (including phenoxy) is 2. The number of primary amides is 1. The molecule has 0 fully saturated rings. The van der Waals surface area contributed by atoms with Gasteiger partial charge in [-0.3, -0.25) is 14.3 Å². The molecule has 8 nitrogen and oxygen atoms in total. The molecule has 0 radical (unpaired) electrons. The van der Waals surface area contributed by atoms with Gasteiger partial charge in [-0.2, -0.15) is 5.10 Å². The number of carbonyl (C=O) groups excluding carboxylic acids is 2. The van der Waals surface area contributed by atoms with Crippen molar-refractivity contribution in [2.24, 2.45) is 5.73 Å². The second kappa shape index (κ2) is 11.0. The van der Waals surface area contributed by atoms with Crippen molar-refractivity contribution >= 4 is 11.8 Å². The molecule has 1 aromatic heterocycles. The molecule has 0 unspecified atom stereocenters. The van der Waals surface area contributed by atoms with Gasteiger partial charge in [-0.1, -0.05) is 60.7 Å². The van der Waals surface area contributed by atoms with Crippen molar-refractivity contribution in [1.29, 1.82) is 0 Å². The number of nitrogens with zero attached hydrogens (tertiary/aromatic N) is 2. The first-order valence-electron chi connectivity index (χ1n) is 11.1. The largest absolute Gasteiger partial charge is 0.493 e. The first-order chi connectivity index (χ1) is 17.0. The van der Waals surface area contributed by atoms with Gasteiger partial charge in [0, 0.05) is 29.4 Å². The minimum atomic E-state index is -0.601. The minimum Gasteiger partial charge on any atom is -0.493 e. The lowest BCUT2D eigenvalue weighted by atomic mass is 10.1. The van der Waals surface area contributed by atoms with Gasteiger partial charge in [0.05, 0.1) is 19.3 Å². The third-order valence-electron chi connectivity index (χ3n) is 5.31. The van der Waals surface area contributed by atoms with Crippen LogP contribution in [0.1, 0.15) is 21.5 Å². The topological polar surface area (TPSA) is 108 Å².